The Morgan fingerprint density at radius 2 is 1.81 bits per heavy atom. The Labute approximate surface area is 105 Å². The van der Waals surface area contributed by atoms with Crippen LogP contribution in [0.1, 0.15) is 39.0 Å². The molecule has 0 unspecified atom stereocenters. The molecule has 1 aromatic rings. The fourth-order valence-corrected chi connectivity index (χ4v) is 5.71. The third kappa shape index (κ3) is 2.82. The molecule has 0 atom stereocenters. The van der Waals surface area contributed by atoms with Gasteiger partial charge < -0.3 is 0 Å². The average molecular weight is 279 g/mol. The van der Waals surface area contributed by atoms with Crippen molar-refractivity contribution in [1.29, 1.82) is 0 Å². The van der Waals surface area contributed by atoms with Crippen LogP contribution in [0.4, 0.5) is 0 Å². The van der Waals surface area contributed by atoms with Crippen molar-refractivity contribution in [3.63, 3.8) is 0 Å². The van der Waals surface area contributed by atoms with Crippen molar-refractivity contribution in [3.05, 3.63) is 24.3 Å². The first-order valence-corrected chi connectivity index (χ1v) is 7.97. The van der Waals surface area contributed by atoms with Crippen molar-refractivity contribution in [2.45, 2.75) is 43.2 Å². The second-order valence-electron chi connectivity index (χ2n) is 4.84. The Bertz CT molecular complexity index is 342. The summed E-state index contributed by atoms with van der Waals surface area (Å²) in [7, 11) is 1.78. The van der Waals surface area contributed by atoms with E-state index in [9.17, 15) is 0 Å². The van der Waals surface area contributed by atoms with E-state index in [0.717, 1.165) is 5.75 Å². The van der Waals surface area contributed by atoms with Gasteiger partial charge in [0.25, 0.3) is 0 Å². The van der Waals surface area contributed by atoms with E-state index in [1.165, 1.54) is 36.5 Å². The van der Waals surface area contributed by atoms with Crippen LogP contribution in [0.25, 0.3) is 0 Å². The number of rotatable bonds is 3. The van der Waals surface area contributed by atoms with E-state index in [4.69, 9.17) is 4.74 Å². The summed E-state index contributed by atoms with van der Waals surface area (Å²) in [6.45, 7) is 2.47. The monoisotopic (exact) mass is 279 g/mol. The van der Waals surface area contributed by atoms with Gasteiger partial charge in [0.1, 0.15) is 0 Å². The summed E-state index contributed by atoms with van der Waals surface area (Å²) in [6.07, 6.45) is 7.08. The molecule has 1 saturated carbocycles. The number of hydrogen-bond donors (Lipinski definition) is 0. The number of para-hydroxylation sites is 1. The van der Waals surface area contributed by atoms with Crippen LogP contribution in [0.2, 0.25) is 4.20 Å². The van der Waals surface area contributed by atoms with Crippen LogP contribution < -0.4 is 9.09 Å². The number of benzene rings is 1. The van der Waals surface area contributed by atoms with Crippen LogP contribution in [-0.4, -0.2) is 22.9 Å². The quantitative estimate of drug-likeness (QED) is 0.772. The molecule has 0 amide bonds. The normalized spacial score (nSPS) is 20.1. The summed E-state index contributed by atoms with van der Waals surface area (Å²) in [6, 6.07) is 8.54. The fraction of sp³-hybridized carbons (Fsp3) is 0.571. The standard InChI is InChI=1S/C14H20AsO/c1-14(10-6-3-7-11-14)15-12-8-4-5-9-13(12)16-2/h4-5,8-9H,3,6-7,10-11H2,1-2H3. The molecule has 87 valence electrons. The van der Waals surface area contributed by atoms with Crippen LogP contribution in [0.15, 0.2) is 24.3 Å². The van der Waals surface area contributed by atoms with Gasteiger partial charge in [0, 0.05) is 0 Å². The Morgan fingerprint density at radius 3 is 2.50 bits per heavy atom. The van der Waals surface area contributed by atoms with Gasteiger partial charge in [-0.1, -0.05) is 0 Å². The topological polar surface area (TPSA) is 9.23 Å². The second kappa shape index (κ2) is 5.27. The fourth-order valence-electron chi connectivity index (χ4n) is 2.44. The maximum absolute atomic E-state index is 5.46. The van der Waals surface area contributed by atoms with E-state index in [1.807, 2.05) is 0 Å². The Hall–Kier alpha value is -0.422. The summed E-state index contributed by atoms with van der Waals surface area (Å²) < 4.78 is 7.51. The molecule has 0 aromatic heterocycles. The number of methoxy groups -OCH3 is 1. The molecule has 0 N–H and O–H groups in total. The molecule has 16 heavy (non-hydrogen) atoms. The predicted octanol–water partition coefficient (Wildman–Crippen LogP) is 3.17. The van der Waals surface area contributed by atoms with Crippen molar-refractivity contribution in [1.82, 2.24) is 0 Å². The Kier molecular flexibility index (Phi) is 3.97. The zero-order valence-electron chi connectivity index (χ0n) is 10.2. The summed E-state index contributed by atoms with van der Waals surface area (Å²) in [5.41, 5.74) is 0. The zero-order chi connectivity index (χ0) is 11.4. The summed E-state index contributed by atoms with van der Waals surface area (Å²) in [5, 5.41) is 0. The van der Waals surface area contributed by atoms with E-state index in [1.54, 1.807) is 7.11 Å². The molecule has 1 nitrogen and oxygen atoms in total. The molecule has 0 bridgehead atoms. The van der Waals surface area contributed by atoms with E-state index in [0.29, 0.717) is 4.20 Å². The summed E-state index contributed by atoms with van der Waals surface area (Å²) in [5.74, 6) is 1.09. The molecule has 0 aliphatic heterocycles. The van der Waals surface area contributed by atoms with E-state index in [-0.39, 0.29) is 15.8 Å². The zero-order valence-corrected chi connectivity index (χ0v) is 12.1. The Morgan fingerprint density at radius 1 is 1.12 bits per heavy atom. The van der Waals surface area contributed by atoms with Gasteiger partial charge in [-0.15, -0.1) is 0 Å². The first-order valence-electron chi connectivity index (χ1n) is 6.09. The van der Waals surface area contributed by atoms with E-state index >= 15 is 0 Å². The maximum atomic E-state index is 5.46. The van der Waals surface area contributed by atoms with Gasteiger partial charge in [0.2, 0.25) is 0 Å². The third-order valence-electron chi connectivity index (χ3n) is 3.41. The Balaban J connectivity index is 2.12. The third-order valence-corrected chi connectivity index (χ3v) is 6.76. The second-order valence-corrected chi connectivity index (χ2v) is 8.59. The van der Waals surface area contributed by atoms with Crippen molar-refractivity contribution in [3.8, 4) is 5.75 Å². The molecular weight excluding hydrogens is 259 g/mol. The van der Waals surface area contributed by atoms with Crippen LogP contribution >= 0.6 is 0 Å². The SMILES string of the molecule is COc1ccccc1[As]C1(C)CCCCC1. The molecule has 0 saturated heterocycles. The van der Waals surface area contributed by atoms with Crippen molar-refractivity contribution >= 4 is 20.1 Å². The molecule has 1 aliphatic carbocycles. The molecule has 1 aliphatic rings. The molecule has 1 aromatic carbocycles. The van der Waals surface area contributed by atoms with Crippen LogP contribution in [0.5, 0.6) is 5.75 Å². The molecule has 1 radical (unpaired) electrons. The van der Waals surface area contributed by atoms with E-state index < -0.39 is 0 Å². The number of hydrogen-bond acceptors (Lipinski definition) is 1. The van der Waals surface area contributed by atoms with Crippen LogP contribution in [-0.2, 0) is 0 Å². The molecule has 2 rings (SSSR count). The molecule has 2 heteroatoms. The van der Waals surface area contributed by atoms with Crippen molar-refractivity contribution < 1.29 is 4.74 Å². The van der Waals surface area contributed by atoms with Crippen LogP contribution in [0.3, 0.4) is 0 Å². The van der Waals surface area contributed by atoms with Gasteiger partial charge in [-0.3, -0.25) is 0 Å². The van der Waals surface area contributed by atoms with Gasteiger partial charge in [0.05, 0.1) is 0 Å². The van der Waals surface area contributed by atoms with Crippen molar-refractivity contribution in [2.75, 3.05) is 7.11 Å². The molecule has 1 fully saturated rings. The van der Waals surface area contributed by atoms with Crippen LogP contribution in [0, 0.1) is 0 Å². The van der Waals surface area contributed by atoms with Gasteiger partial charge in [-0.05, 0) is 0 Å². The van der Waals surface area contributed by atoms with Crippen molar-refractivity contribution in [2.24, 2.45) is 0 Å². The predicted molar refractivity (Wildman–Crippen MR) is 69.8 cm³/mol. The minimum atomic E-state index is 0.231. The molecular formula is C14H20AsO. The average Bonchev–Trinajstić information content (AvgIpc) is 2.30. The first-order chi connectivity index (χ1) is 7.73. The number of ether oxygens (including phenoxy) is 1. The molecule has 0 spiro atoms. The minimum absolute atomic E-state index is 0.231. The summed E-state index contributed by atoms with van der Waals surface area (Å²) >= 11 is 0.231. The van der Waals surface area contributed by atoms with Gasteiger partial charge in [-0.2, -0.15) is 0 Å². The van der Waals surface area contributed by atoms with Gasteiger partial charge in [-0.25, -0.2) is 0 Å². The summed E-state index contributed by atoms with van der Waals surface area (Å²) in [4.78, 5) is 0. The van der Waals surface area contributed by atoms with Gasteiger partial charge in [0.15, 0.2) is 0 Å². The van der Waals surface area contributed by atoms with E-state index in [2.05, 4.69) is 31.2 Å². The first kappa shape index (κ1) is 12.0. The van der Waals surface area contributed by atoms with Gasteiger partial charge >= 0.3 is 105 Å². The molecule has 0 heterocycles.